The SMILES string of the molecule is CC.CC1CCC(C)CC1.CC1CCC(C2CCC(C)CO2)OC1. The van der Waals surface area contributed by atoms with E-state index in [9.17, 15) is 0 Å². The number of hydrogen-bond acceptors (Lipinski definition) is 2. The van der Waals surface area contributed by atoms with E-state index in [1.165, 1.54) is 51.4 Å². The summed E-state index contributed by atoms with van der Waals surface area (Å²) in [6.45, 7) is 15.1. The van der Waals surface area contributed by atoms with E-state index in [0.717, 1.165) is 36.9 Å². The van der Waals surface area contributed by atoms with Gasteiger partial charge in [0.1, 0.15) is 0 Å². The molecule has 1 saturated carbocycles. The Morgan fingerprint density at radius 2 is 0.750 bits per heavy atom. The monoisotopic (exact) mass is 340 g/mol. The quantitative estimate of drug-likeness (QED) is 0.544. The first-order valence-corrected chi connectivity index (χ1v) is 10.8. The molecule has 0 aromatic carbocycles. The van der Waals surface area contributed by atoms with E-state index in [1.807, 2.05) is 13.8 Å². The Morgan fingerprint density at radius 1 is 0.458 bits per heavy atom. The maximum Gasteiger partial charge on any atom is 0.0836 e. The van der Waals surface area contributed by atoms with Gasteiger partial charge in [0.2, 0.25) is 0 Å². The number of rotatable bonds is 1. The van der Waals surface area contributed by atoms with E-state index < -0.39 is 0 Å². The fourth-order valence-corrected chi connectivity index (χ4v) is 3.82. The molecule has 3 rings (SSSR count). The topological polar surface area (TPSA) is 18.5 Å². The molecule has 0 N–H and O–H groups in total. The Hall–Kier alpha value is -0.0800. The predicted molar refractivity (Wildman–Crippen MR) is 104 cm³/mol. The molecule has 3 aliphatic rings. The van der Waals surface area contributed by atoms with Crippen LogP contribution in [0.4, 0.5) is 0 Å². The lowest BCUT2D eigenvalue weighted by Crippen LogP contribution is -2.39. The van der Waals surface area contributed by atoms with Gasteiger partial charge in [0.25, 0.3) is 0 Å². The summed E-state index contributed by atoms with van der Waals surface area (Å²) >= 11 is 0. The second-order valence-electron chi connectivity index (χ2n) is 8.47. The van der Waals surface area contributed by atoms with Crippen molar-refractivity contribution >= 4 is 0 Å². The van der Waals surface area contributed by atoms with Gasteiger partial charge in [-0.05, 0) is 49.4 Å². The van der Waals surface area contributed by atoms with Gasteiger partial charge in [-0.1, -0.05) is 67.2 Å². The summed E-state index contributed by atoms with van der Waals surface area (Å²) < 4.78 is 11.7. The molecule has 0 spiro atoms. The molecule has 0 bridgehead atoms. The summed E-state index contributed by atoms with van der Waals surface area (Å²) in [6.07, 6.45) is 11.7. The van der Waals surface area contributed by atoms with Crippen LogP contribution in [0.5, 0.6) is 0 Å². The standard InChI is InChI=1S/C12H22O2.C8H16.C2H6/c1-9-3-5-11(13-7-9)12-6-4-10(2)8-14-12;1-7-3-5-8(2)6-4-7;1-2/h9-12H,3-8H2,1-2H3;7-8H,3-6H2,1-2H3;1-2H3. The minimum atomic E-state index is 0.388. The van der Waals surface area contributed by atoms with E-state index in [2.05, 4.69) is 27.7 Å². The lowest BCUT2D eigenvalue weighted by Gasteiger charge is -2.36. The Bertz CT molecular complexity index is 250. The first-order chi connectivity index (χ1) is 11.5. The third-order valence-corrected chi connectivity index (χ3v) is 5.80. The summed E-state index contributed by atoms with van der Waals surface area (Å²) in [4.78, 5) is 0. The molecule has 0 amide bonds. The van der Waals surface area contributed by atoms with Crippen LogP contribution in [0.1, 0.15) is 92.9 Å². The van der Waals surface area contributed by atoms with Gasteiger partial charge >= 0.3 is 0 Å². The second-order valence-corrected chi connectivity index (χ2v) is 8.47. The average Bonchev–Trinajstić information content (AvgIpc) is 2.61. The third-order valence-electron chi connectivity index (χ3n) is 5.80. The second kappa shape index (κ2) is 12.3. The maximum absolute atomic E-state index is 5.84. The molecule has 0 radical (unpaired) electrons. The fraction of sp³-hybridized carbons (Fsp3) is 1.00. The molecule has 2 nitrogen and oxygen atoms in total. The highest BCUT2D eigenvalue weighted by Crippen LogP contribution is 2.28. The van der Waals surface area contributed by atoms with Crippen LogP contribution < -0.4 is 0 Å². The molecule has 2 saturated heterocycles. The van der Waals surface area contributed by atoms with Crippen molar-refractivity contribution in [1.82, 2.24) is 0 Å². The van der Waals surface area contributed by atoms with Gasteiger partial charge in [0, 0.05) is 13.2 Å². The van der Waals surface area contributed by atoms with E-state index in [1.54, 1.807) is 0 Å². The Labute approximate surface area is 152 Å². The van der Waals surface area contributed by atoms with Crippen molar-refractivity contribution in [2.24, 2.45) is 23.7 Å². The molecule has 0 aromatic heterocycles. The van der Waals surface area contributed by atoms with Crippen molar-refractivity contribution in [2.45, 2.75) is 105 Å². The molecule has 3 fully saturated rings. The van der Waals surface area contributed by atoms with Gasteiger partial charge in [-0.2, -0.15) is 0 Å². The first-order valence-electron chi connectivity index (χ1n) is 10.8. The molecule has 24 heavy (non-hydrogen) atoms. The Morgan fingerprint density at radius 3 is 1.00 bits per heavy atom. The molecule has 4 unspecified atom stereocenters. The number of hydrogen-bond donors (Lipinski definition) is 0. The fourth-order valence-electron chi connectivity index (χ4n) is 3.82. The average molecular weight is 341 g/mol. The normalized spacial score (nSPS) is 39.8. The summed E-state index contributed by atoms with van der Waals surface area (Å²) in [5, 5.41) is 0. The van der Waals surface area contributed by atoms with Crippen LogP contribution in [0.15, 0.2) is 0 Å². The largest absolute Gasteiger partial charge is 0.375 e. The summed E-state index contributed by atoms with van der Waals surface area (Å²) in [6, 6.07) is 0. The van der Waals surface area contributed by atoms with Crippen LogP contribution in [0, 0.1) is 23.7 Å². The minimum Gasteiger partial charge on any atom is -0.375 e. The third kappa shape index (κ3) is 8.34. The van der Waals surface area contributed by atoms with Crippen LogP contribution in [0.2, 0.25) is 0 Å². The molecule has 2 heterocycles. The molecule has 144 valence electrons. The molecule has 1 aliphatic carbocycles. The zero-order valence-electron chi connectivity index (χ0n) is 17.4. The van der Waals surface area contributed by atoms with Crippen LogP contribution in [-0.4, -0.2) is 25.4 Å². The van der Waals surface area contributed by atoms with E-state index in [-0.39, 0.29) is 0 Å². The summed E-state index contributed by atoms with van der Waals surface area (Å²) in [7, 11) is 0. The lowest BCUT2D eigenvalue weighted by molar-refractivity contribution is -0.127. The van der Waals surface area contributed by atoms with Gasteiger partial charge < -0.3 is 9.47 Å². The van der Waals surface area contributed by atoms with E-state index in [4.69, 9.17) is 9.47 Å². The predicted octanol–water partition coefficient (Wildman–Crippen LogP) is 6.48. The van der Waals surface area contributed by atoms with Crippen molar-refractivity contribution in [1.29, 1.82) is 0 Å². The van der Waals surface area contributed by atoms with Crippen molar-refractivity contribution in [2.75, 3.05) is 13.2 Å². The highest BCUT2D eigenvalue weighted by atomic mass is 16.5. The van der Waals surface area contributed by atoms with Crippen LogP contribution in [-0.2, 0) is 9.47 Å². The van der Waals surface area contributed by atoms with Crippen molar-refractivity contribution in [3.63, 3.8) is 0 Å². The van der Waals surface area contributed by atoms with Gasteiger partial charge in [-0.25, -0.2) is 0 Å². The van der Waals surface area contributed by atoms with Gasteiger partial charge in [-0.15, -0.1) is 0 Å². The molecular formula is C22H44O2. The molecular weight excluding hydrogens is 296 g/mol. The molecule has 0 aromatic rings. The highest BCUT2D eigenvalue weighted by Gasteiger charge is 2.30. The number of ether oxygens (including phenoxy) is 2. The smallest absolute Gasteiger partial charge is 0.0836 e. The Kier molecular flexibility index (Phi) is 11.3. The van der Waals surface area contributed by atoms with E-state index in [0.29, 0.717) is 12.2 Å². The van der Waals surface area contributed by atoms with E-state index >= 15 is 0 Å². The van der Waals surface area contributed by atoms with Crippen LogP contribution in [0.3, 0.4) is 0 Å². The van der Waals surface area contributed by atoms with Crippen molar-refractivity contribution in [3.05, 3.63) is 0 Å². The summed E-state index contributed by atoms with van der Waals surface area (Å²) in [5.41, 5.74) is 0. The molecule has 2 aliphatic heterocycles. The zero-order valence-corrected chi connectivity index (χ0v) is 17.4. The van der Waals surface area contributed by atoms with Gasteiger partial charge in [0.15, 0.2) is 0 Å². The summed E-state index contributed by atoms with van der Waals surface area (Å²) in [5.74, 6) is 3.53. The minimum absolute atomic E-state index is 0.388. The maximum atomic E-state index is 5.84. The van der Waals surface area contributed by atoms with Crippen molar-refractivity contribution in [3.8, 4) is 0 Å². The van der Waals surface area contributed by atoms with Crippen LogP contribution >= 0.6 is 0 Å². The van der Waals surface area contributed by atoms with Gasteiger partial charge in [0.05, 0.1) is 12.2 Å². The zero-order chi connectivity index (χ0) is 17.9. The van der Waals surface area contributed by atoms with Crippen molar-refractivity contribution < 1.29 is 9.47 Å². The first kappa shape index (κ1) is 22.0. The van der Waals surface area contributed by atoms with Gasteiger partial charge in [-0.3, -0.25) is 0 Å². The van der Waals surface area contributed by atoms with Crippen LogP contribution in [0.25, 0.3) is 0 Å². The highest BCUT2D eigenvalue weighted by molar-refractivity contribution is 4.79. The molecule has 2 heteroatoms. The molecule has 4 atom stereocenters. The Balaban J connectivity index is 0.000000245. The lowest BCUT2D eigenvalue weighted by atomic mass is 9.84.